The fourth-order valence-electron chi connectivity index (χ4n) is 1.48. The van der Waals surface area contributed by atoms with Crippen LogP contribution in [0.4, 0.5) is 0 Å². The van der Waals surface area contributed by atoms with Crippen molar-refractivity contribution in [2.45, 2.75) is 19.5 Å². The van der Waals surface area contributed by atoms with Crippen molar-refractivity contribution < 1.29 is 0 Å². The topological polar surface area (TPSA) is 61.7 Å². The zero-order valence-electron chi connectivity index (χ0n) is 8.80. The van der Waals surface area contributed by atoms with Crippen molar-refractivity contribution >= 4 is 0 Å². The summed E-state index contributed by atoms with van der Waals surface area (Å²) in [4.78, 5) is 0. The Kier molecular flexibility index (Phi) is 2.82. The number of aromatic nitrogens is 4. The molecule has 0 atom stereocenters. The first kappa shape index (κ1) is 9.92. The van der Waals surface area contributed by atoms with Crippen LogP contribution in [0.2, 0.25) is 0 Å². The van der Waals surface area contributed by atoms with E-state index < -0.39 is 0 Å². The minimum Gasteiger partial charge on any atom is -0.325 e. The van der Waals surface area contributed by atoms with E-state index in [4.69, 9.17) is 5.73 Å². The normalized spacial score (nSPS) is 10.8. The summed E-state index contributed by atoms with van der Waals surface area (Å²) in [7, 11) is 1.92. The number of nitrogens with zero attached hydrogens (tertiary/aromatic N) is 4. The second-order valence-electron chi connectivity index (χ2n) is 3.55. The predicted molar refractivity (Wildman–Crippen MR) is 57.0 cm³/mol. The summed E-state index contributed by atoms with van der Waals surface area (Å²) in [6, 6.07) is 1.95. The van der Waals surface area contributed by atoms with Crippen LogP contribution in [0, 0.1) is 0 Å². The average Bonchev–Trinajstić information content (AvgIpc) is 2.83. The Morgan fingerprint density at radius 2 is 2.33 bits per heavy atom. The fraction of sp³-hybridized carbons (Fsp3) is 0.400. The summed E-state index contributed by atoms with van der Waals surface area (Å²) in [5, 5.41) is 8.43. The Balaban J connectivity index is 1.93. The van der Waals surface area contributed by atoms with Gasteiger partial charge in [0.15, 0.2) is 0 Å². The van der Waals surface area contributed by atoms with E-state index in [1.165, 1.54) is 5.56 Å². The molecule has 5 heteroatoms. The van der Waals surface area contributed by atoms with Crippen LogP contribution < -0.4 is 5.73 Å². The Bertz CT molecular complexity index is 428. The molecule has 0 bridgehead atoms. The molecule has 0 aromatic carbocycles. The molecular formula is C10H15N5. The third kappa shape index (κ3) is 2.44. The average molecular weight is 205 g/mol. The van der Waals surface area contributed by atoms with Gasteiger partial charge in [-0.3, -0.25) is 9.36 Å². The summed E-state index contributed by atoms with van der Waals surface area (Å²) in [6.07, 6.45) is 6.80. The maximum absolute atomic E-state index is 5.48. The molecule has 5 nitrogen and oxygen atoms in total. The quantitative estimate of drug-likeness (QED) is 0.781. The Hall–Kier alpha value is -1.62. The van der Waals surface area contributed by atoms with E-state index in [1.807, 2.05) is 41.1 Å². The molecule has 0 spiro atoms. The summed E-state index contributed by atoms with van der Waals surface area (Å²) in [6.45, 7) is 1.37. The van der Waals surface area contributed by atoms with Gasteiger partial charge in [-0.2, -0.15) is 10.2 Å². The van der Waals surface area contributed by atoms with Crippen LogP contribution in [0.15, 0.2) is 24.7 Å². The Labute approximate surface area is 88.5 Å². The highest BCUT2D eigenvalue weighted by Gasteiger charge is 1.99. The molecule has 2 rings (SSSR count). The zero-order valence-corrected chi connectivity index (χ0v) is 8.80. The summed E-state index contributed by atoms with van der Waals surface area (Å²) >= 11 is 0. The van der Waals surface area contributed by atoms with Crippen molar-refractivity contribution in [3.8, 4) is 0 Å². The van der Waals surface area contributed by atoms with Crippen molar-refractivity contribution in [3.05, 3.63) is 35.9 Å². The second-order valence-corrected chi connectivity index (χ2v) is 3.55. The highest BCUT2D eigenvalue weighted by Crippen LogP contribution is 2.01. The van der Waals surface area contributed by atoms with Crippen LogP contribution in [0.5, 0.6) is 0 Å². The molecular weight excluding hydrogens is 190 g/mol. The van der Waals surface area contributed by atoms with Gasteiger partial charge >= 0.3 is 0 Å². The lowest BCUT2D eigenvalue weighted by Crippen LogP contribution is -2.04. The van der Waals surface area contributed by atoms with Gasteiger partial charge in [0.2, 0.25) is 0 Å². The van der Waals surface area contributed by atoms with Crippen molar-refractivity contribution in [3.63, 3.8) is 0 Å². The lowest BCUT2D eigenvalue weighted by molar-refractivity contribution is 0.605. The minimum absolute atomic E-state index is 0.500. The summed E-state index contributed by atoms with van der Waals surface area (Å²) in [5.74, 6) is 0. The maximum Gasteiger partial charge on any atom is 0.0760 e. The van der Waals surface area contributed by atoms with Gasteiger partial charge in [0, 0.05) is 32.5 Å². The molecule has 0 aliphatic carbocycles. The molecule has 0 radical (unpaired) electrons. The summed E-state index contributed by atoms with van der Waals surface area (Å²) < 4.78 is 3.72. The number of rotatable bonds is 4. The van der Waals surface area contributed by atoms with E-state index in [0.717, 1.165) is 18.7 Å². The lowest BCUT2D eigenvalue weighted by Gasteiger charge is -1.98. The molecule has 2 heterocycles. The molecule has 2 aromatic rings. The molecule has 0 aliphatic heterocycles. The predicted octanol–water partition coefficient (Wildman–Crippen LogP) is 0.318. The standard InChI is InChI=1S/C10H15N5/c1-14-8-9(7-12-14)2-4-15-5-3-10(6-11)13-15/h3,5,7-8H,2,4,6,11H2,1H3. The first-order valence-electron chi connectivity index (χ1n) is 4.98. The number of hydrogen-bond acceptors (Lipinski definition) is 3. The fourth-order valence-corrected chi connectivity index (χ4v) is 1.48. The van der Waals surface area contributed by atoms with Gasteiger partial charge in [0.05, 0.1) is 11.9 Å². The molecule has 2 N–H and O–H groups in total. The zero-order chi connectivity index (χ0) is 10.7. The van der Waals surface area contributed by atoms with Gasteiger partial charge in [0.25, 0.3) is 0 Å². The third-order valence-electron chi connectivity index (χ3n) is 2.29. The third-order valence-corrected chi connectivity index (χ3v) is 2.29. The molecule has 80 valence electrons. The highest BCUT2D eigenvalue weighted by molar-refractivity contribution is 5.04. The van der Waals surface area contributed by atoms with Crippen molar-refractivity contribution in [2.24, 2.45) is 12.8 Å². The SMILES string of the molecule is Cn1cc(CCn2ccc(CN)n2)cn1. The lowest BCUT2D eigenvalue weighted by atomic mass is 10.2. The van der Waals surface area contributed by atoms with Crippen molar-refractivity contribution in [2.75, 3.05) is 0 Å². The van der Waals surface area contributed by atoms with E-state index in [-0.39, 0.29) is 0 Å². The van der Waals surface area contributed by atoms with Crippen molar-refractivity contribution in [1.82, 2.24) is 19.6 Å². The number of aryl methyl sites for hydroxylation is 3. The molecule has 0 saturated carbocycles. The summed E-state index contributed by atoms with van der Waals surface area (Å²) in [5.41, 5.74) is 7.64. The molecule has 2 aromatic heterocycles. The maximum atomic E-state index is 5.48. The van der Waals surface area contributed by atoms with E-state index in [9.17, 15) is 0 Å². The molecule has 15 heavy (non-hydrogen) atoms. The van der Waals surface area contributed by atoms with Crippen LogP contribution >= 0.6 is 0 Å². The number of nitrogens with two attached hydrogens (primary N) is 1. The van der Waals surface area contributed by atoms with Gasteiger partial charge in [-0.05, 0) is 18.1 Å². The van der Waals surface area contributed by atoms with Gasteiger partial charge in [-0.25, -0.2) is 0 Å². The smallest absolute Gasteiger partial charge is 0.0760 e. The van der Waals surface area contributed by atoms with Gasteiger partial charge in [-0.15, -0.1) is 0 Å². The van der Waals surface area contributed by atoms with Gasteiger partial charge < -0.3 is 5.73 Å². The van der Waals surface area contributed by atoms with Crippen LogP contribution in [-0.2, 0) is 26.6 Å². The Morgan fingerprint density at radius 1 is 1.47 bits per heavy atom. The monoisotopic (exact) mass is 205 g/mol. The van der Waals surface area contributed by atoms with Crippen LogP contribution in [0.3, 0.4) is 0 Å². The largest absolute Gasteiger partial charge is 0.325 e. The van der Waals surface area contributed by atoms with E-state index in [1.54, 1.807) is 0 Å². The first-order valence-corrected chi connectivity index (χ1v) is 4.98. The van der Waals surface area contributed by atoms with E-state index >= 15 is 0 Å². The van der Waals surface area contributed by atoms with Crippen LogP contribution in [0.25, 0.3) is 0 Å². The molecule has 0 fully saturated rings. The van der Waals surface area contributed by atoms with Crippen LogP contribution in [0.1, 0.15) is 11.3 Å². The van der Waals surface area contributed by atoms with Gasteiger partial charge in [-0.1, -0.05) is 0 Å². The van der Waals surface area contributed by atoms with Crippen molar-refractivity contribution in [1.29, 1.82) is 0 Å². The first-order chi connectivity index (χ1) is 7.28. The number of hydrogen-bond donors (Lipinski definition) is 1. The second kappa shape index (κ2) is 4.27. The molecule has 0 amide bonds. The molecule has 0 unspecified atom stereocenters. The molecule has 0 saturated heterocycles. The Morgan fingerprint density at radius 3 is 2.93 bits per heavy atom. The van der Waals surface area contributed by atoms with E-state index in [0.29, 0.717) is 6.54 Å². The van der Waals surface area contributed by atoms with Gasteiger partial charge in [0.1, 0.15) is 0 Å². The van der Waals surface area contributed by atoms with E-state index in [2.05, 4.69) is 10.2 Å². The van der Waals surface area contributed by atoms with Crippen LogP contribution in [-0.4, -0.2) is 19.6 Å². The molecule has 0 aliphatic rings. The highest BCUT2D eigenvalue weighted by atomic mass is 15.3. The minimum atomic E-state index is 0.500.